The highest BCUT2D eigenvalue weighted by Gasteiger charge is 2.32. The number of nitrogens with zero attached hydrogens (tertiary/aromatic N) is 2. The number of aliphatic hydroxyl groups excluding tert-OH is 1. The van der Waals surface area contributed by atoms with Crippen LogP contribution in [0.2, 0.25) is 5.02 Å². The Morgan fingerprint density at radius 2 is 1.63 bits per heavy atom. The molecule has 0 bridgehead atoms. The van der Waals surface area contributed by atoms with Crippen LogP contribution in [0, 0.1) is 5.92 Å². The van der Waals surface area contributed by atoms with Crippen molar-refractivity contribution in [3.8, 4) is 11.1 Å². The van der Waals surface area contributed by atoms with Crippen LogP contribution in [0.25, 0.3) is 11.1 Å². The Labute approximate surface area is 229 Å². The summed E-state index contributed by atoms with van der Waals surface area (Å²) in [7, 11) is -2.28. The minimum absolute atomic E-state index is 0.0801. The largest absolute Gasteiger partial charge is 0.394 e. The van der Waals surface area contributed by atoms with Gasteiger partial charge in [-0.2, -0.15) is 4.31 Å². The number of benzene rings is 3. The number of hydrogen-bond donors (Lipinski definition) is 1. The van der Waals surface area contributed by atoms with E-state index in [-0.39, 0.29) is 43.0 Å². The number of ether oxygens (including phenoxy) is 1. The van der Waals surface area contributed by atoms with E-state index in [4.69, 9.17) is 16.3 Å². The van der Waals surface area contributed by atoms with E-state index in [1.165, 1.54) is 23.5 Å². The number of aliphatic hydroxyl groups is 1. The second kappa shape index (κ2) is 12.0. The SMILES string of the molecule is C[C@@H]1CN([C@@H](C)CO)C(=O)c2ccccc2-c2ccccc2CO[C@@H]1CN(C)S(=O)(=O)c1ccc(Cl)cc1. The molecule has 0 radical (unpaired) electrons. The lowest BCUT2D eigenvalue weighted by atomic mass is 9.94. The fraction of sp³-hybridized carbons (Fsp3) is 0.345. The van der Waals surface area contributed by atoms with Crippen molar-refractivity contribution >= 4 is 27.5 Å². The Bertz CT molecular complexity index is 1380. The Hall–Kier alpha value is -2.75. The molecule has 0 unspecified atom stereocenters. The maximum Gasteiger partial charge on any atom is 0.254 e. The van der Waals surface area contributed by atoms with Crippen molar-refractivity contribution in [1.82, 2.24) is 9.21 Å². The Morgan fingerprint density at radius 3 is 2.29 bits per heavy atom. The standard InChI is InChI=1S/C29H33ClN2O5S/c1-20-16-32(21(2)18-33)29(34)27-11-7-6-10-26(27)25-9-5-4-8-22(25)19-37-28(20)17-31(3)38(35,36)24-14-12-23(30)13-15-24/h4-15,20-21,28,33H,16-19H2,1-3H3/t20-,21+,28-/m1/s1. The Kier molecular flexibility index (Phi) is 8.90. The summed E-state index contributed by atoms with van der Waals surface area (Å²) in [6.07, 6.45) is -0.530. The van der Waals surface area contributed by atoms with Crippen LogP contribution < -0.4 is 0 Å². The molecule has 3 atom stereocenters. The summed E-state index contributed by atoms with van der Waals surface area (Å²) in [5.74, 6) is -0.431. The Balaban J connectivity index is 1.73. The number of fused-ring (bicyclic) bond motifs is 3. The lowest BCUT2D eigenvalue weighted by Crippen LogP contribution is -2.47. The van der Waals surface area contributed by atoms with Gasteiger partial charge in [-0.05, 0) is 53.9 Å². The van der Waals surface area contributed by atoms with Gasteiger partial charge in [-0.3, -0.25) is 4.79 Å². The van der Waals surface area contributed by atoms with Crippen LogP contribution in [-0.2, 0) is 21.4 Å². The fourth-order valence-electron chi connectivity index (χ4n) is 4.69. The quantitative estimate of drug-likeness (QED) is 0.476. The fourth-order valence-corrected chi connectivity index (χ4v) is 6.00. The molecule has 3 aromatic rings. The molecule has 1 aliphatic heterocycles. The molecule has 4 rings (SSSR count). The molecule has 1 heterocycles. The number of likely N-dealkylation sites (N-methyl/N-ethyl adjacent to an activating group) is 1. The highest BCUT2D eigenvalue weighted by molar-refractivity contribution is 7.89. The molecule has 38 heavy (non-hydrogen) atoms. The van der Waals surface area contributed by atoms with Crippen molar-refractivity contribution in [2.24, 2.45) is 5.92 Å². The molecule has 1 amide bonds. The first kappa shape index (κ1) is 28.3. The first-order chi connectivity index (χ1) is 18.1. The predicted octanol–water partition coefficient (Wildman–Crippen LogP) is 4.69. The smallest absolute Gasteiger partial charge is 0.254 e. The van der Waals surface area contributed by atoms with E-state index >= 15 is 0 Å². The van der Waals surface area contributed by atoms with Crippen molar-refractivity contribution in [1.29, 1.82) is 0 Å². The molecule has 1 N–H and O–H groups in total. The third kappa shape index (κ3) is 5.95. The van der Waals surface area contributed by atoms with E-state index in [1.54, 1.807) is 30.0 Å². The van der Waals surface area contributed by atoms with Gasteiger partial charge in [-0.1, -0.05) is 61.0 Å². The summed E-state index contributed by atoms with van der Waals surface area (Å²) in [4.78, 5) is 15.7. The molecule has 0 saturated heterocycles. The van der Waals surface area contributed by atoms with Gasteiger partial charge in [-0.15, -0.1) is 0 Å². The average molecular weight is 557 g/mol. The molecular weight excluding hydrogens is 524 g/mol. The minimum atomic E-state index is -3.80. The van der Waals surface area contributed by atoms with E-state index in [1.807, 2.05) is 49.4 Å². The number of hydrogen-bond acceptors (Lipinski definition) is 5. The van der Waals surface area contributed by atoms with Crippen molar-refractivity contribution in [3.63, 3.8) is 0 Å². The third-order valence-corrected chi connectivity index (χ3v) is 9.14. The second-order valence-electron chi connectivity index (χ2n) is 9.76. The first-order valence-corrected chi connectivity index (χ1v) is 14.4. The summed E-state index contributed by atoms with van der Waals surface area (Å²) in [5, 5.41) is 10.4. The maximum atomic E-state index is 13.9. The molecule has 0 aliphatic carbocycles. The van der Waals surface area contributed by atoms with Gasteiger partial charge in [0.15, 0.2) is 0 Å². The summed E-state index contributed by atoms with van der Waals surface area (Å²) < 4.78 is 34.3. The van der Waals surface area contributed by atoms with E-state index in [2.05, 4.69) is 0 Å². The van der Waals surface area contributed by atoms with E-state index in [0.29, 0.717) is 10.6 Å². The number of rotatable bonds is 6. The molecule has 7 nitrogen and oxygen atoms in total. The second-order valence-corrected chi connectivity index (χ2v) is 12.2. The van der Waals surface area contributed by atoms with Gasteiger partial charge in [0.1, 0.15) is 0 Å². The predicted molar refractivity (Wildman–Crippen MR) is 148 cm³/mol. The molecular formula is C29H33ClN2O5S. The van der Waals surface area contributed by atoms with Crippen LogP contribution >= 0.6 is 11.6 Å². The van der Waals surface area contributed by atoms with Gasteiger partial charge in [0, 0.05) is 36.6 Å². The van der Waals surface area contributed by atoms with Gasteiger partial charge in [0.05, 0.1) is 30.3 Å². The Morgan fingerprint density at radius 1 is 1.03 bits per heavy atom. The average Bonchev–Trinajstić information content (AvgIpc) is 2.94. The zero-order valence-corrected chi connectivity index (χ0v) is 23.3. The summed E-state index contributed by atoms with van der Waals surface area (Å²) in [5.41, 5.74) is 3.12. The maximum absolute atomic E-state index is 13.9. The molecule has 9 heteroatoms. The summed E-state index contributed by atoms with van der Waals surface area (Å²) in [6.45, 7) is 4.15. The van der Waals surface area contributed by atoms with Crippen LogP contribution in [0.4, 0.5) is 0 Å². The van der Waals surface area contributed by atoms with Gasteiger partial charge in [0.2, 0.25) is 10.0 Å². The van der Waals surface area contributed by atoms with E-state index in [0.717, 1.165) is 16.7 Å². The summed E-state index contributed by atoms with van der Waals surface area (Å²) in [6, 6.07) is 20.8. The third-order valence-electron chi connectivity index (χ3n) is 7.05. The minimum Gasteiger partial charge on any atom is -0.394 e. The van der Waals surface area contributed by atoms with Crippen LogP contribution in [0.1, 0.15) is 29.8 Å². The lowest BCUT2D eigenvalue weighted by Gasteiger charge is -2.35. The zero-order chi connectivity index (χ0) is 27.4. The molecule has 3 aromatic carbocycles. The van der Waals surface area contributed by atoms with Crippen LogP contribution in [0.15, 0.2) is 77.7 Å². The van der Waals surface area contributed by atoms with E-state index in [9.17, 15) is 18.3 Å². The van der Waals surface area contributed by atoms with Crippen LogP contribution in [0.5, 0.6) is 0 Å². The highest BCUT2D eigenvalue weighted by atomic mass is 35.5. The molecule has 0 spiro atoms. The van der Waals surface area contributed by atoms with Gasteiger partial charge in [0.25, 0.3) is 5.91 Å². The lowest BCUT2D eigenvalue weighted by molar-refractivity contribution is -0.0146. The van der Waals surface area contributed by atoms with Crippen molar-refractivity contribution in [3.05, 3.63) is 88.9 Å². The molecule has 0 aromatic heterocycles. The summed E-state index contributed by atoms with van der Waals surface area (Å²) >= 11 is 5.95. The number of sulfonamides is 1. The molecule has 0 fully saturated rings. The molecule has 202 valence electrons. The normalized spacial score (nSPS) is 19.4. The number of carbonyl (C=O) groups is 1. The molecule has 0 saturated carbocycles. The van der Waals surface area contributed by atoms with E-state index < -0.39 is 22.2 Å². The van der Waals surface area contributed by atoms with Gasteiger partial charge in [-0.25, -0.2) is 8.42 Å². The van der Waals surface area contributed by atoms with Gasteiger partial charge >= 0.3 is 0 Å². The topological polar surface area (TPSA) is 87.2 Å². The van der Waals surface area contributed by atoms with Crippen LogP contribution in [-0.4, -0.2) is 67.5 Å². The van der Waals surface area contributed by atoms with Crippen molar-refractivity contribution < 1.29 is 23.1 Å². The van der Waals surface area contributed by atoms with Crippen molar-refractivity contribution in [2.75, 3.05) is 26.7 Å². The van der Waals surface area contributed by atoms with Crippen molar-refractivity contribution in [2.45, 2.75) is 37.5 Å². The number of carbonyl (C=O) groups excluding carboxylic acids is 1. The highest BCUT2D eigenvalue weighted by Crippen LogP contribution is 2.31. The van der Waals surface area contributed by atoms with Gasteiger partial charge < -0.3 is 14.7 Å². The molecule has 1 aliphatic rings. The first-order valence-electron chi connectivity index (χ1n) is 12.6. The monoisotopic (exact) mass is 556 g/mol. The number of amides is 1. The number of halogens is 1. The zero-order valence-electron chi connectivity index (χ0n) is 21.7. The van der Waals surface area contributed by atoms with Crippen LogP contribution in [0.3, 0.4) is 0 Å².